The lowest BCUT2D eigenvalue weighted by atomic mass is 10.1. The molecule has 0 saturated heterocycles. The molecule has 2 aromatic rings. The zero-order chi connectivity index (χ0) is 11.5. The fourth-order valence-corrected chi connectivity index (χ4v) is 1.41. The third-order valence-corrected chi connectivity index (χ3v) is 2.16. The Balaban J connectivity index is 2.44. The molecule has 1 aromatic carbocycles. The third-order valence-electron chi connectivity index (χ3n) is 2.16. The summed E-state index contributed by atoms with van der Waals surface area (Å²) in [6, 6.07) is 7.37. The number of hydrogen-bond donors (Lipinski definition) is 2. The summed E-state index contributed by atoms with van der Waals surface area (Å²) in [5.41, 5.74) is 3.24. The highest BCUT2D eigenvalue weighted by molar-refractivity contribution is 5.97. The molecule has 0 unspecified atom stereocenters. The summed E-state index contributed by atoms with van der Waals surface area (Å²) >= 11 is 0. The van der Waals surface area contributed by atoms with Gasteiger partial charge in [-0.15, -0.1) is 0 Å². The van der Waals surface area contributed by atoms with E-state index in [0.29, 0.717) is 11.1 Å². The Bertz CT molecular complexity index is 505. The van der Waals surface area contributed by atoms with Crippen molar-refractivity contribution in [2.24, 2.45) is 5.84 Å². The van der Waals surface area contributed by atoms with Gasteiger partial charge < -0.3 is 4.42 Å². The van der Waals surface area contributed by atoms with Crippen molar-refractivity contribution in [2.75, 3.05) is 0 Å². The van der Waals surface area contributed by atoms with Crippen LogP contribution in [0, 0.1) is 5.82 Å². The van der Waals surface area contributed by atoms with Crippen LogP contribution in [0.15, 0.2) is 41.0 Å². The first-order chi connectivity index (χ1) is 7.72. The minimum atomic E-state index is -0.524. The number of hydrogen-bond acceptors (Lipinski definition) is 3. The van der Waals surface area contributed by atoms with Gasteiger partial charge in [-0.1, -0.05) is 12.1 Å². The molecule has 82 valence electrons. The van der Waals surface area contributed by atoms with Crippen LogP contribution in [-0.2, 0) is 0 Å². The Labute approximate surface area is 90.8 Å². The molecule has 4 nitrogen and oxygen atoms in total. The number of benzene rings is 1. The van der Waals surface area contributed by atoms with Crippen LogP contribution < -0.4 is 11.3 Å². The predicted octanol–water partition coefficient (Wildman–Crippen LogP) is 1.69. The number of nitrogen functional groups attached to an aromatic ring is 1. The molecule has 0 bridgehead atoms. The van der Waals surface area contributed by atoms with Gasteiger partial charge in [0.05, 0.1) is 6.26 Å². The van der Waals surface area contributed by atoms with Gasteiger partial charge in [0.15, 0.2) is 5.76 Å². The molecular weight excluding hydrogens is 211 g/mol. The van der Waals surface area contributed by atoms with E-state index < -0.39 is 5.91 Å². The molecule has 1 aromatic heterocycles. The highest BCUT2D eigenvalue weighted by Crippen LogP contribution is 2.24. The van der Waals surface area contributed by atoms with Crippen LogP contribution in [0.5, 0.6) is 0 Å². The van der Waals surface area contributed by atoms with E-state index in [-0.39, 0.29) is 11.6 Å². The van der Waals surface area contributed by atoms with Crippen molar-refractivity contribution in [2.45, 2.75) is 0 Å². The first-order valence-electron chi connectivity index (χ1n) is 4.56. The molecule has 1 amide bonds. The van der Waals surface area contributed by atoms with E-state index >= 15 is 0 Å². The zero-order valence-corrected chi connectivity index (χ0v) is 8.24. The fraction of sp³-hybridized carbons (Fsp3) is 0. The number of furan rings is 1. The summed E-state index contributed by atoms with van der Waals surface area (Å²) in [5.74, 6) is 4.26. The molecule has 0 atom stereocenters. The first-order valence-corrected chi connectivity index (χ1v) is 4.56. The number of nitrogens with two attached hydrogens (primary N) is 1. The van der Waals surface area contributed by atoms with Crippen LogP contribution in [0.2, 0.25) is 0 Å². The smallest absolute Gasteiger partial charge is 0.301 e. The van der Waals surface area contributed by atoms with Crippen LogP contribution >= 0.6 is 0 Å². The van der Waals surface area contributed by atoms with Crippen molar-refractivity contribution in [1.82, 2.24) is 5.43 Å². The Kier molecular flexibility index (Phi) is 2.70. The van der Waals surface area contributed by atoms with Gasteiger partial charge in [-0.25, -0.2) is 10.2 Å². The largest absolute Gasteiger partial charge is 0.458 e. The molecule has 0 aliphatic heterocycles. The number of amides is 1. The van der Waals surface area contributed by atoms with Crippen LogP contribution in [0.4, 0.5) is 4.39 Å². The van der Waals surface area contributed by atoms with E-state index in [1.807, 2.05) is 5.43 Å². The maximum atomic E-state index is 12.7. The molecule has 0 aliphatic rings. The van der Waals surface area contributed by atoms with Gasteiger partial charge in [-0.05, 0) is 23.8 Å². The van der Waals surface area contributed by atoms with Gasteiger partial charge in [0.25, 0.3) is 0 Å². The Morgan fingerprint density at radius 1 is 1.25 bits per heavy atom. The molecular formula is C11H9FN2O2. The Morgan fingerprint density at radius 2 is 1.94 bits per heavy atom. The minimum absolute atomic E-state index is 0.106. The summed E-state index contributed by atoms with van der Waals surface area (Å²) in [4.78, 5) is 11.3. The second kappa shape index (κ2) is 4.16. The third kappa shape index (κ3) is 1.80. The number of carbonyl (C=O) groups excluding carboxylic acids is 1. The van der Waals surface area contributed by atoms with Gasteiger partial charge >= 0.3 is 5.91 Å². The van der Waals surface area contributed by atoms with Gasteiger partial charge in [-0.2, -0.15) is 0 Å². The minimum Gasteiger partial charge on any atom is -0.458 e. The summed E-state index contributed by atoms with van der Waals surface area (Å²) in [6.45, 7) is 0. The molecule has 0 fully saturated rings. The normalized spacial score (nSPS) is 10.1. The second-order valence-corrected chi connectivity index (χ2v) is 3.14. The number of rotatable bonds is 2. The molecule has 2 rings (SSSR count). The van der Waals surface area contributed by atoms with E-state index in [2.05, 4.69) is 0 Å². The molecule has 0 radical (unpaired) electrons. The van der Waals surface area contributed by atoms with E-state index in [1.165, 1.54) is 18.4 Å². The van der Waals surface area contributed by atoms with E-state index in [9.17, 15) is 9.18 Å². The Hall–Kier alpha value is -2.14. The van der Waals surface area contributed by atoms with Crippen molar-refractivity contribution < 1.29 is 13.6 Å². The highest BCUT2D eigenvalue weighted by atomic mass is 19.1. The van der Waals surface area contributed by atoms with Crippen molar-refractivity contribution in [3.8, 4) is 11.1 Å². The lowest BCUT2D eigenvalue weighted by molar-refractivity contribution is 0.0927. The standard InChI is InChI=1S/C11H9FN2O2/c12-8-3-1-7(2-4-8)9-5-6-16-10(9)11(15)14-13/h1-6H,13H2,(H,14,15). The molecule has 5 heteroatoms. The van der Waals surface area contributed by atoms with E-state index in [1.54, 1.807) is 18.2 Å². The average Bonchev–Trinajstić information content (AvgIpc) is 2.78. The lowest BCUT2D eigenvalue weighted by Crippen LogP contribution is -2.29. The summed E-state index contributed by atoms with van der Waals surface area (Å²) < 4.78 is 17.7. The van der Waals surface area contributed by atoms with Crippen molar-refractivity contribution in [1.29, 1.82) is 0 Å². The van der Waals surface area contributed by atoms with Crippen molar-refractivity contribution in [3.63, 3.8) is 0 Å². The zero-order valence-electron chi connectivity index (χ0n) is 8.24. The quantitative estimate of drug-likeness (QED) is 0.459. The monoisotopic (exact) mass is 220 g/mol. The molecule has 3 N–H and O–H groups in total. The van der Waals surface area contributed by atoms with E-state index in [4.69, 9.17) is 10.3 Å². The fourth-order valence-electron chi connectivity index (χ4n) is 1.41. The maximum Gasteiger partial charge on any atom is 0.301 e. The number of halogens is 1. The number of nitrogens with one attached hydrogen (secondary N) is 1. The van der Waals surface area contributed by atoms with Crippen LogP contribution in [0.1, 0.15) is 10.6 Å². The van der Waals surface area contributed by atoms with Crippen LogP contribution in [-0.4, -0.2) is 5.91 Å². The summed E-state index contributed by atoms with van der Waals surface area (Å²) in [7, 11) is 0. The van der Waals surface area contributed by atoms with Crippen LogP contribution in [0.3, 0.4) is 0 Å². The van der Waals surface area contributed by atoms with Crippen molar-refractivity contribution >= 4 is 5.91 Å². The molecule has 0 spiro atoms. The average molecular weight is 220 g/mol. The predicted molar refractivity (Wildman–Crippen MR) is 55.8 cm³/mol. The SMILES string of the molecule is NNC(=O)c1occc1-c1ccc(F)cc1. The summed E-state index contributed by atoms with van der Waals surface area (Å²) in [5, 5.41) is 0. The molecule has 1 heterocycles. The molecule has 0 aliphatic carbocycles. The lowest BCUT2D eigenvalue weighted by Gasteiger charge is -2.01. The maximum absolute atomic E-state index is 12.7. The molecule has 16 heavy (non-hydrogen) atoms. The van der Waals surface area contributed by atoms with Gasteiger partial charge in [0.1, 0.15) is 5.82 Å². The number of hydrazine groups is 1. The van der Waals surface area contributed by atoms with Gasteiger partial charge in [0, 0.05) is 5.56 Å². The summed E-state index contributed by atoms with van der Waals surface area (Å²) in [6.07, 6.45) is 1.38. The highest BCUT2D eigenvalue weighted by Gasteiger charge is 2.15. The van der Waals surface area contributed by atoms with Crippen molar-refractivity contribution in [3.05, 3.63) is 48.2 Å². The first kappa shape index (κ1) is 10.4. The topological polar surface area (TPSA) is 68.3 Å². The van der Waals surface area contributed by atoms with Crippen LogP contribution in [0.25, 0.3) is 11.1 Å². The van der Waals surface area contributed by atoms with E-state index in [0.717, 1.165) is 0 Å². The molecule has 0 saturated carbocycles. The Morgan fingerprint density at radius 3 is 2.56 bits per heavy atom. The van der Waals surface area contributed by atoms with Gasteiger partial charge in [0.2, 0.25) is 0 Å². The number of carbonyl (C=O) groups is 1. The second-order valence-electron chi connectivity index (χ2n) is 3.14. The van der Waals surface area contributed by atoms with Gasteiger partial charge in [-0.3, -0.25) is 10.2 Å².